The van der Waals surface area contributed by atoms with Crippen LogP contribution in [0.4, 0.5) is 0 Å². The van der Waals surface area contributed by atoms with Crippen molar-refractivity contribution in [3.05, 3.63) is 34.6 Å². The quantitative estimate of drug-likeness (QED) is 0.935. The number of aromatic nitrogens is 4. The zero-order chi connectivity index (χ0) is 14.0. The summed E-state index contributed by atoms with van der Waals surface area (Å²) in [5.74, 6) is 1.39. The highest BCUT2D eigenvalue weighted by molar-refractivity contribution is 7.99. The van der Waals surface area contributed by atoms with Gasteiger partial charge in [-0.2, -0.15) is 5.10 Å². The van der Waals surface area contributed by atoms with Crippen LogP contribution in [-0.2, 0) is 12.8 Å². The first-order chi connectivity index (χ1) is 8.83. The number of rotatable bonds is 3. The van der Waals surface area contributed by atoms with Crippen LogP contribution in [0.3, 0.4) is 0 Å². The Morgan fingerprint density at radius 3 is 2.74 bits per heavy atom. The number of aromatic amines is 1. The molecule has 0 saturated heterocycles. The Bertz CT molecular complexity index is 624. The van der Waals surface area contributed by atoms with Crippen LogP contribution in [0, 0.1) is 0 Å². The van der Waals surface area contributed by atoms with Gasteiger partial charge in [0.1, 0.15) is 5.82 Å². The van der Waals surface area contributed by atoms with Gasteiger partial charge in [-0.25, -0.2) is 4.98 Å². The summed E-state index contributed by atoms with van der Waals surface area (Å²) >= 11 is 1.75. The van der Waals surface area contributed by atoms with Crippen LogP contribution >= 0.6 is 11.8 Å². The molecule has 0 aliphatic carbocycles. The second-order valence-electron chi connectivity index (χ2n) is 5.38. The van der Waals surface area contributed by atoms with Gasteiger partial charge in [0.25, 0.3) is 5.56 Å². The van der Waals surface area contributed by atoms with Gasteiger partial charge in [-0.05, 0) is 0 Å². The van der Waals surface area contributed by atoms with Crippen molar-refractivity contribution in [2.45, 2.75) is 31.3 Å². The molecule has 2 aromatic rings. The van der Waals surface area contributed by atoms with E-state index in [4.69, 9.17) is 0 Å². The van der Waals surface area contributed by atoms with Crippen molar-refractivity contribution in [2.75, 3.05) is 0 Å². The number of aryl methyl sites for hydroxylation is 1. The summed E-state index contributed by atoms with van der Waals surface area (Å²) in [5.41, 5.74) is 1.40. The minimum absolute atomic E-state index is 0.127. The summed E-state index contributed by atoms with van der Waals surface area (Å²) < 4.78 is 1.84. The van der Waals surface area contributed by atoms with E-state index in [1.165, 1.54) is 6.07 Å². The first-order valence-electron chi connectivity index (χ1n) is 6.07. The Morgan fingerprint density at radius 1 is 1.42 bits per heavy atom. The Balaban J connectivity index is 2.27. The average molecular weight is 278 g/mol. The summed E-state index contributed by atoms with van der Waals surface area (Å²) in [7, 11) is 1.84. The molecule has 0 amide bonds. The van der Waals surface area contributed by atoms with Gasteiger partial charge >= 0.3 is 0 Å². The Hall–Kier alpha value is -1.56. The monoisotopic (exact) mass is 278 g/mol. The van der Waals surface area contributed by atoms with Crippen molar-refractivity contribution in [1.82, 2.24) is 19.7 Å². The maximum Gasteiger partial charge on any atom is 0.251 e. The molecule has 0 spiro atoms. The minimum Gasteiger partial charge on any atom is -0.310 e. The fourth-order valence-electron chi connectivity index (χ4n) is 1.56. The van der Waals surface area contributed by atoms with Crippen LogP contribution in [0.25, 0.3) is 11.3 Å². The van der Waals surface area contributed by atoms with Crippen molar-refractivity contribution >= 4 is 11.8 Å². The van der Waals surface area contributed by atoms with Crippen molar-refractivity contribution in [3.63, 3.8) is 0 Å². The predicted octanol–water partition coefficient (Wildman–Crippen LogP) is 2.20. The highest BCUT2D eigenvalue weighted by Crippen LogP contribution is 2.26. The number of nitrogens with one attached hydrogen (secondary N) is 1. The molecule has 19 heavy (non-hydrogen) atoms. The zero-order valence-corrected chi connectivity index (χ0v) is 12.4. The van der Waals surface area contributed by atoms with Gasteiger partial charge in [0.05, 0.1) is 17.6 Å². The summed E-state index contributed by atoms with van der Waals surface area (Å²) in [5, 5.41) is 4.10. The molecule has 2 heterocycles. The lowest BCUT2D eigenvalue weighted by molar-refractivity contribution is 0.768. The second-order valence-corrected chi connectivity index (χ2v) is 7.18. The largest absolute Gasteiger partial charge is 0.310 e. The van der Waals surface area contributed by atoms with Gasteiger partial charge in [0, 0.05) is 29.6 Å². The van der Waals surface area contributed by atoms with E-state index >= 15 is 0 Å². The molecule has 0 aromatic carbocycles. The molecule has 0 bridgehead atoms. The average Bonchev–Trinajstić information content (AvgIpc) is 2.72. The third kappa shape index (κ3) is 3.96. The molecule has 5 nitrogen and oxygen atoms in total. The SMILES string of the molecule is Cn1cc(-c2cc(=O)[nH]c(CSC(C)(C)C)n2)cn1. The molecule has 2 rings (SSSR count). The maximum absolute atomic E-state index is 11.7. The highest BCUT2D eigenvalue weighted by atomic mass is 32.2. The summed E-state index contributed by atoms with van der Waals surface area (Å²) in [6, 6.07) is 1.50. The van der Waals surface area contributed by atoms with Gasteiger partial charge < -0.3 is 4.98 Å². The number of hydrogen-bond donors (Lipinski definition) is 1. The van der Waals surface area contributed by atoms with Gasteiger partial charge in [-0.3, -0.25) is 9.48 Å². The summed E-state index contributed by atoms with van der Waals surface area (Å²) in [6.07, 6.45) is 3.56. The lowest BCUT2D eigenvalue weighted by atomic mass is 10.2. The molecule has 0 saturated carbocycles. The molecule has 102 valence electrons. The van der Waals surface area contributed by atoms with E-state index in [9.17, 15) is 4.79 Å². The predicted molar refractivity (Wildman–Crippen MR) is 78.1 cm³/mol. The molecule has 0 fully saturated rings. The van der Waals surface area contributed by atoms with Crippen LogP contribution in [-0.4, -0.2) is 24.5 Å². The fourth-order valence-corrected chi connectivity index (χ4v) is 2.27. The molecule has 0 aliphatic rings. The van der Waals surface area contributed by atoms with E-state index in [1.807, 2.05) is 13.2 Å². The van der Waals surface area contributed by atoms with E-state index in [1.54, 1.807) is 22.6 Å². The summed E-state index contributed by atoms with van der Waals surface area (Å²) in [4.78, 5) is 19.0. The lowest BCUT2D eigenvalue weighted by Gasteiger charge is -2.16. The van der Waals surface area contributed by atoms with Crippen LogP contribution in [0.5, 0.6) is 0 Å². The van der Waals surface area contributed by atoms with Gasteiger partial charge in [0.15, 0.2) is 0 Å². The Labute approximate surface area is 116 Å². The number of H-pyrrole nitrogens is 1. The molecule has 6 heteroatoms. The Kier molecular flexibility index (Phi) is 3.80. The molecule has 2 aromatic heterocycles. The Morgan fingerprint density at radius 2 is 2.16 bits per heavy atom. The zero-order valence-electron chi connectivity index (χ0n) is 11.6. The molecule has 1 N–H and O–H groups in total. The fraction of sp³-hybridized carbons (Fsp3) is 0.462. The van der Waals surface area contributed by atoms with Crippen molar-refractivity contribution in [1.29, 1.82) is 0 Å². The second kappa shape index (κ2) is 5.21. The standard InChI is InChI=1S/C13H18N4OS/c1-13(2,3)19-8-11-15-10(5-12(18)16-11)9-6-14-17(4)7-9/h5-7H,8H2,1-4H3,(H,15,16,18). The first kappa shape index (κ1) is 13.9. The van der Waals surface area contributed by atoms with Crippen molar-refractivity contribution < 1.29 is 0 Å². The van der Waals surface area contributed by atoms with E-state index in [0.717, 1.165) is 5.56 Å². The number of thioether (sulfide) groups is 1. The normalized spacial score (nSPS) is 11.8. The van der Waals surface area contributed by atoms with Crippen molar-refractivity contribution in [3.8, 4) is 11.3 Å². The van der Waals surface area contributed by atoms with E-state index < -0.39 is 0 Å². The highest BCUT2D eigenvalue weighted by Gasteiger charge is 2.12. The van der Waals surface area contributed by atoms with Crippen molar-refractivity contribution in [2.24, 2.45) is 7.05 Å². The van der Waals surface area contributed by atoms with E-state index in [2.05, 4.69) is 35.8 Å². The van der Waals surface area contributed by atoms with Crippen LogP contribution in [0.2, 0.25) is 0 Å². The lowest BCUT2D eigenvalue weighted by Crippen LogP contribution is -2.13. The smallest absolute Gasteiger partial charge is 0.251 e. The number of nitrogens with zero attached hydrogens (tertiary/aromatic N) is 3. The topological polar surface area (TPSA) is 63.6 Å². The third-order valence-electron chi connectivity index (χ3n) is 2.43. The maximum atomic E-state index is 11.7. The van der Waals surface area contributed by atoms with Gasteiger partial charge in [-0.15, -0.1) is 11.8 Å². The third-order valence-corrected chi connectivity index (χ3v) is 3.72. The molecule has 0 aliphatic heterocycles. The van der Waals surface area contributed by atoms with E-state index in [-0.39, 0.29) is 10.3 Å². The molecule has 0 atom stereocenters. The molecular weight excluding hydrogens is 260 g/mol. The molecule has 0 radical (unpaired) electrons. The summed E-state index contributed by atoms with van der Waals surface area (Å²) in [6.45, 7) is 6.42. The minimum atomic E-state index is -0.127. The number of hydrogen-bond acceptors (Lipinski definition) is 4. The van der Waals surface area contributed by atoms with Crippen LogP contribution in [0.15, 0.2) is 23.3 Å². The molecular formula is C13H18N4OS. The van der Waals surface area contributed by atoms with Gasteiger partial charge in [-0.1, -0.05) is 20.8 Å². The van der Waals surface area contributed by atoms with Crippen LogP contribution in [0.1, 0.15) is 26.6 Å². The first-order valence-corrected chi connectivity index (χ1v) is 7.05. The van der Waals surface area contributed by atoms with E-state index in [0.29, 0.717) is 17.3 Å². The van der Waals surface area contributed by atoms with Crippen LogP contribution < -0.4 is 5.56 Å². The van der Waals surface area contributed by atoms with Gasteiger partial charge in [0.2, 0.25) is 0 Å². The molecule has 0 unspecified atom stereocenters.